The maximum Gasteiger partial charge on any atom is 0.416 e. The molecule has 2 amide bonds. The number of nitriles is 1. The molecule has 0 unspecified atom stereocenters. The molecule has 7 rings (SSSR count). The van der Waals surface area contributed by atoms with Crippen LogP contribution in [0.3, 0.4) is 0 Å². The van der Waals surface area contributed by atoms with Gasteiger partial charge in [-0.3, -0.25) is 19.4 Å². The highest BCUT2D eigenvalue weighted by atomic mass is 16.6. The Labute approximate surface area is 264 Å². The maximum atomic E-state index is 13.2. The average Bonchev–Trinajstić information content (AvgIpc) is 3.41. The van der Waals surface area contributed by atoms with Crippen LogP contribution in [0.1, 0.15) is 30.4 Å². The second-order valence-corrected chi connectivity index (χ2v) is 11.6. The van der Waals surface area contributed by atoms with Gasteiger partial charge in [0, 0.05) is 31.6 Å². The van der Waals surface area contributed by atoms with Crippen molar-refractivity contribution < 1.29 is 23.8 Å². The topological polar surface area (TPSA) is 139 Å². The van der Waals surface area contributed by atoms with Crippen molar-refractivity contribution in [2.45, 2.75) is 50.5 Å². The van der Waals surface area contributed by atoms with E-state index < -0.39 is 6.09 Å². The molecule has 0 radical (unpaired) electrons. The number of amides is 2. The summed E-state index contributed by atoms with van der Waals surface area (Å²) in [6.07, 6.45) is 1.31. The highest BCUT2D eigenvalue weighted by Gasteiger charge is 2.47. The number of hydrogen-bond donors (Lipinski definition) is 1. The molecule has 3 atom stereocenters. The van der Waals surface area contributed by atoms with E-state index in [9.17, 15) is 19.6 Å². The molecule has 4 heterocycles. The largest absolute Gasteiger partial charge is 0.497 e. The number of benzene rings is 2. The number of nitrogens with one attached hydrogen (secondary N) is 1. The number of methoxy groups -OCH3 is 1. The first-order valence-corrected chi connectivity index (χ1v) is 15.3. The van der Waals surface area contributed by atoms with E-state index in [-0.39, 0.29) is 36.3 Å². The summed E-state index contributed by atoms with van der Waals surface area (Å²) < 4.78 is 18.4. The van der Waals surface area contributed by atoms with Crippen LogP contribution >= 0.6 is 0 Å². The average molecular weight is 621 g/mol. The van der Waals surface area contributed by atoms with Gasteiger partial charge in [-0.2, -0.15) is 5.26 Å². The Bertz CT molecular complexity index is 1920. The van der Waals surface area contributed by atoms with Crippen molar-refractivity contribution in [1.29, 1.82) is 5.26 Å². The molecule has 46 heavy (non-hydrogen) atoms. The summed E-state index contributed by atoms with van der Waals surface area (Å²) in [5, 5.41) is 13.7. The van der Waals surface area contributed by atoms with E-state index in [1.807, 2.05) is 30.3 Å². The highest BCUT2D eigenvalue weighted by molar-refractivity contribution is 5.97. The third-order valence-electron chi connectivity index (χ3n) is 8.91. The molecule has 2 aromatic carbocycles. The number of anilines is 2. The number of nitrogens with zero attached hydrogens (tertiary/aromatic N) is 5. The number of carbonyl (C=O) groups excluding carboxylic acids is 2. The number of ether oxygens (including phenoxy) is 3. The zero-order valence-corrected chi connectivity index (χ0v) is 25.2. The Morgan fingerprint density at radius 1 is 1.04 bits per heavy atom. The Morgan fingerprint density at radius 2 is 1.87 bits per heavy atom. The lowest BCUT2D eigenvalue weighted by Gasteiger charge is -2.34. The van der Waals surface area contributed by atoms with Gasteiger partial charge in [-0.05, 0) is 66.3 Å². The fourth-order valence-electron chi connectivity index (χ4n) is 6.55. The van der Waals surface area contributed by atoms with Crippen LogP contribution in [0.5, 0.6) is 11.5 Å². The van der Waals surface area contributed by atoms with E-state index in [0.717, 1.165) is 28.6 Å². The van der Waals surface area contributed by atoms with Crippen molar-refractivity contribution in [3.05, 3.63) is 88.2 Å². The van der Waals surface area contributed by atoms with Crippen LogP contribution in [0.4, 0.5) is 16.4 Å². The molecule has 0 spiro atoms. The van der Waals surface area contributed by atoms with E-state index in [2.05, 4.69) is 11.4 Å². The summed E-state index contributed by atoms with van der Waals surface area (Å²) in [5.41, 5.74) is 2.01. The number of carbonyl (C=O) groups is 2. The van der Waals surface area contributed by atoms with Crippen LogP contribution in [-0.2, 0) is 22.6 Å². The lowest BCUT2D eigenvalue weighted by Crippen LogP contribution is -2.47. The zero-order chi connectivity index (χ0) is 31.8. The number of fused-ring (bicyclic) bond motifs is 3. The summed E-state index contributed by atoms with van der Waals surface area (Å²) in [7, 11) is 1.60. The number of pyridine rings is 2. The first kappa shape index (κ1) is 29.3. The predicted molar refractivity (Wildman–Crippen MR) is 169 cm³/mol. The maximum absolute atomic E-state index is 13.2. The van der Waals surface area contributed by atoms with Crippen molar-refractivity contribution >= 4 is 34.5 Å². The summed E-state index contributed by atoms with van der Waals surface area (Å²) in [6.45, 7) is 1.18. The standard InChI is InChI=1S/C34H32N6O6/c1-44-25-8-3-21(4-9-25)19-39-32(42)20-45-28-11-12-30(37-33(28)39)40-26-10-7-24(17-29(26)46-34(40)43)36-14-15-38-27-16-22(18-35)2-5-23(27)6-13-31(38)41/h2-6,8-9,11-13,16,24,26,29,36H,7,10,14-15,17,19-20H2,1H3/t24-,26-,29+/m0/s1. The monoisotopic (exact) mass is 620 g/mol. The van der Waals surface area contributed by atoms with Crippen molar-refractivity contribution in [3.8, 4) is 17.6 Å². The second kappa shape index (κ2) is 12.2. The molecule has 12 heteroatoms. The molecule has 2 aromatic heterocycles. The van der Waals surface area contributed by atoms with Crippen molar-refractivity contribution in [1.82, 2.24) is 14.9 Å². The van der Waals surface area contributed by atoms with Crippen LogP contribution in [0, 0.1) is 11.3 Å². The van der Waals surface area contributed by atoms with Crippen molar-refractivity contribution in [3.63, 3.8) is 0 Å². The molecule has 4 aromatic rings. The lowest BCUT2D eigenvalue weighted by atomic mass is 9.88. The van der Waals surface area contributed by atoms with Crippen LogP contribution in [0.2, 0.25) is 0 Å². The fraction of sp³-hybridized carbons (Fsp3) is 0.324. The van der Waals surface area contributed by atoms with Gasteiger partial charge in [0.2, 0.25) is 0 Å². The Morgan fingerprint density at radius 3 is 2.67 bits per heavy atom. The predicted octanol–water partition coefficient (Wildman–Crippen LogP) is 3.74. The minimum Gasteiger partial charge on any atom is -0.497 e. The van der Waals surface area contributed by atoms with E-state index in [0.29, 0.717) is 55.4 Å². The molecule has 2 aliphatic heterocycles. The van der Waals surface area contributed by atoms with Crippen LogP contribution in [-0.4, -0.2) is 60.0 Å². The van der Waals surface area contributed by atoms with Gasteiger partial charge < -0.3 is 24.1 Å². The summed E-state index contributed by atoms with van der Waals surface area (Å²) >= 11 is 0. The summed E-state index contributed by atoms with van der Waals surface area (Å²) in [5.74, 6) is 1.75. The van der Waals surface area contributed by atoms with Gasteiger partial charge in [-0.15, -0.1) is 0 Å². The Hall–Kier alpha value is -5.41. The molecule has 1 saturated heterocycles. The van der Waals surface area contributed by atoms with Gasteiger partial charge in [0.1, 0.15) is 17.7 Å². The Kier molecular flexibility index (Phi) is 7.76. The van der Waals surface area contributed by atoms with E-state index >= 15 is 0 Å². The van der Waals surface area contributed by atoms with Gasteiger partial charge in [0.15, 0.2) is 18.2 Å². The molecular formula is C34H32N6O6. The second-order valence-electron chi connectivity index (χ2n) is 11.6. The molecular weight excluding hydrogens is 588 g/mol. The van der Waals surface area contributed by atoms with Crippen molar-refractivity contribution in [2.75, 3.05) is 30.1 Å². The van der Waals surface area contributed by atoms with E-state index in [1.165, 1.54) is 0 Å². The van der Waals surface area contributed by atoms with Crippen LogP contribution in [0.25, 0.3) is 10.9 Å². The summed E-state index contributed by atoms with van der Waals surface area (Å²) in [6, 6.07) is 21.6. The number of rotatable bonds is 8. The van der Waals surface area contributed by atoms with E-state index in [4.69, 9.17) is 19.2 Å². The third-order valence-corrected chi connectivity index (χ3v) is 8.91. The molecule has 0 bridgehead atoms. The highest BCUT2D eigenvalue weighted by Crippen LogP contribution is 2.39. The first-order chi connectivity index (χ1) is 22.4. The number of aromatic nitrogens is 2. The normalized spacial score (nSPS) is 20.5. The molecule has 1 saturated carbocycles. The molecule has 2 fully saturated rings. The molecule has 234 valence electrons. The molecule has 1 aliphatic carbocycles. The lowest BCUT2D eigenvalue weighted by molar-refractivity contribution is -0.121. The molecule has 1 N–H and O–H groups in total. The van der Waals surface area contributed by atoms with Gasteiger partial charge in [0.25, 0.3) is 11.5 Å². The summed E-state index contributed by atoms with van der Waals surface area (Å²) in [4.78, 5) is 46.7. The molecule has 12 nitrogen and oxygen atoms in total. The van der Waals surface area contributed by atoms with Crippen molar-refractivity contribution in [2.24, 2.45) is 0 Å². The van der Waals surface area contributed by atoms with Gasteiger partial charge >= 0.3 is 6.09 Å². The minimum atomic E-state index is -0.469. The third kappa shape index (κ3) is 5.50. The SMILES string of the molecule is COc1ccc(CN2C(=O)COc3ccc(N4C(=O)O[C@@H]5C[C@@H](NCCn6c(=O)ccc7ccc(C#N)cc76)CC[C@@H]54)nc32)cc1. The fourth-order valence-corrected chi connectivity index (χ4v) is 6.55. The zero-order valence-electron chi connectivity index (χ0n) is 25.2. The van der Waals surface area contributed by atoms with Gasteiger partial charge in [-0.25, -0.2) is 9.78 Å². The smallest absolute Gasteiger partial charge is 0.416 e. The molecule has 3 aliphatic rings. The first-order valence-electron chi connectivity index (χ1n) is 15.3. The quantitative estimate of drug-likeness (QED) is 0.312. The van der Waals surface area contributed by atoms with Gasteiger partial charge in [0.05, 0.1) is 36.8 Å². The number of hydrogen-bond acceptors (Lipinski definition) is 9. The van der Waals surface area contributed by atoms with Crippen LogP contribution in [0.15, 0.2) is 71.5 Å². The van der Waals surface area contributed by atoms with Crippen LogP contribution < -0.4 is 30.1 Å². The Balaban J connectivity index is 1.03. The van der Waals surface area contributed by atoms with Gasteiger partial charge in [-0.1, -0.05) is 18.2 Å². The minimum absolute atomic E-state index is 0.0922. The van der Waals surface area contributed by atoms with E-state index in [1.54, 1.807) is 57.9 Å².